The highest BCUT2D eigenvalue weighted by Crippen LogP contribution is 2.22. The van der Waals surface area contributed by atoms with E-state index in [0.29, 0.717) is 0 Å². The van der Waals surface area contributed by atoms with Crippen LogP contribution in [0.2, 0.25) is 0 Å². The van der Waals surface area contributed by atoms with E-state index in [1.807, 2.05) is 26.0 Å². The summed E-state index contributed by atoms with van der Waals surface area (Å²) in [5.41, 5.74) is 2.08. The molecule has 0 spiro atoms. The highest BCUT2D eigenvalue weighted by Gasteiger charge is 2.19. The average molecular weight is 202 g/mol. The second-order valence-corrected chi connectivity index (χ2v) is 4.29. The Morgan fingerprint density at radius 3 is 2.33 bits per heavy atom. The third-order valence-corrected chi connectivity index (χ3v) is 2.52. The molecule has 0 fully saturated rings. The molecule has 0 aliphatic rings. The zero-order chi connectivity index (χ0) is 11.3. The molecule has 1 atom stereocenters. The van der Waals surface area contributed by atoms with Gasteiger partial charge in [0, 0.05) is 5.41 Å². The van der Waals surface area contributed by atoms with Crippen molar-refractivity contribution in [3.05, 3.63) is 47.5 Å². The molecule has 80 valence electrons. The molecule has 0 N–H and O–H groups in total. The number of rotatable bonds is 4. The molecule has 1 nitrogen and oxygen atoms in total. The lowest BCUT2D eigenvalue weighted by atomic mass is 9.84. The number of hydrogen-bond donors (Lipinski definition) is 0. The third-order valence-electron chi connectivity index (χ3n) is 2.52. The zero-order valence-corrected chi connectivity index (χ0v) is 9.66. The smallest absolute Gasteiger partial charge is 0.129 e. The molecule has 1 unspecified atom stereocenters. The van der Waals surface area contributed by atoms with Gasteiger partial charge in [-0.15, -0.1) is 0 Å². The third kappa shape index (κ3) is 3.35. The van der Waals surface area contributed by atoms with Crippen LogP contribution in [-0.4, -0.2) is 6.29 Å². The Hall–Kier alpha value is -1.37. The Labute approximate surface area is 91.8 Å². The Kier molecular flexibility index (Phi) is 3.84. The molecule has 1 aromatic rings. The highest BCUT2D eigenvalue weighted by atomic mass is 16.1. The van der Waals surface area contributed by atoms with Crippen molar-refractivity contribution < 1.29 is 4.79 Å². The number of aldehydes is 1. The second-order valence-electron chi connectivity index (χ2n) is 4.29. The molecule has 0 heterocycles. The van der Waals surface area contributed by atoms with E-state index in [2.05, 4.69) is 31.2 Å². The number of carbonyl (C=O) groups excluding carboxylic acids is 1. The van der Waals surface area contributed by atoms with Gasteiger partial charge in [0.2, 0.25) is 0 Å². The van der Waals surface area contributed by atoms with E-state index in [9.17, 15) is 4.79 Å². The van der Waals surface area contributed by atoms with E-state index < -0.39 is 0 Å². The standard InChI is InChI=1S/C14H18O/c1-4-9-14(3,11-15)10-13-7-5-12(2)6-8-13/h4-9,11H,10H2,1-3H3/b9-4+. The molecule has 0 aliphatic carbocycles. The summed E-state index contributed by atoms with van der Waals surface area (Å²) < 4.78 is 0. The van der Waals surface area contributed by atoms with Crippen LogP contribution in [-0.2, 0) is 11.2 Å². The van der Waals surface area contributed by atoms with Gasteiger partial charge in [0.15, 0.2) is 0 Å². The Bertz CT molecular complexity index is 348. The van der Waals surface area contributed by atoms with Gasteiger partial charge in [-0.25, -0.2) is 0 Å². The lowest BCUT2D eigenvalue weighted by Crippen LogP contribution is -2.18. The molecule has 0 radical (unpaired) electrons. The Morgan fingerprint density at radius 1 is 1.27 bits per heavy atom. The summed E-state index contributed by atoms with van der Waals surface area (Å²) in [6.45, 7) is 5.96. The highest BCUT2D eigenvalue weighted by molar-refractivity contribution is 5.62. The first-order valence-electron chi connectivity index (χ1n) is 5.25. The van der Waals surface area contributed by atoms with Crippen LogP contribution >= 0.6 is 0 Å². The summed E-state index contributed by atoms with van der Waals surface area (Å²) in [6.07, 6.45) is 5.68. The molecular weight excluding hydrogens is 184 g/mol. The number of hydrogen-bond acceptors (Lipinski definition) is 1. The van der Waals surface area contributed by atoms with Gasteiger partial charge in [0.1, 0.15) is 6.29 Å². The van der Waals surface area contributed by atoms with Crippen LogP contribution in [0.4, 0.5) is 0 Å². The summed E-state index contributed by atoms with van der Waals surface area (Å²) in [7, 11) is 0. The van der Waals surface area contributed by atoms with Crippen molar-refractivity contribution in [3.8, 4) is 0 Å². The van der Waals surface area contributed by atoms with Crippen LogP contribution in [0, 0.1) is 12.3 Å². The van der Waals surface area contributed by atoms with E-state index in [-0.39, 0.29) is 5.41 Å². The molecule has 1 aromatic carbocycles. The summed E-state index contributed by atoms with van der Waals surface area (Å²) >= 11 is 0. The van der Waals surface area contributed by atoms with Gasteiger partial charge in [-0.1, -0.05) is 42.0 Å². The summed E-state index contributed by atoms with van der Waals surface area (Å²) in [6, 6.07) is 8.33. The normalized spacial score (nSPS) is 15.1. The Balaban J connectivity index is 2.83. The quantitative estimate of drug-likeness (QED) is 0.540. The van der Waals surface area contributed by atoms with Crippen LogP contribution < -0.4 is 0 Å². The van der Waals surface area contributed by atoms with Crippen molar-refractivity contribution >= 4 is 6.29 Å². The summed E-state index contributed by atoms with van der Waals surface area (Å²) in [5, 5.41) is 0. The van der Waals surface area contributed by atoms with E-state index in [1.165, 1.54) is 11.1 Å². The zero-order valence-electron chi connectivity index (χ0n) is 9.66. The maximum Gasteiger partial charge on any atom is 0.129 e. The molecule has 0 aromatic heterocycles. The van der Waals surface area contributed by atoms with Gasteiger partial charge in [-0.2, -0.15) is 0 Å². The second kappa shape index (κ2) is 4.92. The van der Waals surface area contributed by atoms with Crippen molar-refractivity contribution in [1.29, 1.82) is 0 Å². The van der Waals surface area contributed by atoms with Crippen molar-refractivity contribution in [3.63, 3.8) is 0 Å². The van der Waals surface area contributed by atoms with Gasteiger partial charge in [-0.05, 0) is 32.8 Å². The molecule has 0 amide bonds. The van der Waals surface area contributed by atoms with Crippen LogP contribution in [0.15, 0.2) is 36.4 Å². The molecule has 1 rings (SSSR count). The largest absolute Gasteiger partial charge is 0.302 e. The topological polar surface area (TPSA) is 17.1 Å². The molecule has 0 bridgehead atoms. The SMILES string of the molecule is C/C=C/C(C)(C=O)Cc1ccc(C)cc1. The number of benzene rings is 1. The first kappa shape index (κ1) is 11.7. The fraction of sp³-hybridized carbons (Fsp3) is 0.357. The van der Waals surface area contributed by atoms with E-state index in [1.54, 1.807) is 0 Å². The predicted molar refractivity (Wildman–Crippen MR) is 63.9 cm³/mol. The summed E-state index contributed by atoms with van der Waals surface area (Å²) in [5.74, 6) is 0. The van der Waals surface area contributed by atoms with Crippen molar-refractivity contribution in [2.24, 2.45) is 5.41 Å². The van der Waals surface area contributed by atoms with Gasteiger partial charge in [0.25, 0.3) is 0 Å². The number of aryl methyl sites for hydroxylation is 1. The minimum atomic E-state index is -0.371. The van der Waals surface area contributed by atoms with E-state index in [0.717, 1.165) is 12.7 Å². The van der Waals surface area contributed by atoms with Crippen molar-refractivity contribution in [2.45, 2.75) is 27.2 Å². The van der Waals surface area contributed by atoms with Crippen LogP contribution in [0.3, 0.4) is 0 Å². The molecule has 0 saturated heterocycles. The maximum absolute atomic E-state index is 11.0. The molecule has 1 heteroatoms. The maximum atomic E-state index is 11.0. The minimum absolute atomic E-state index is 0.371. The van der Waals surface area contributed by atoms with Gasteiger partial charge >= 0.3 is 0 Å². The minimum Gasteiger partial charge on any atom is -0.302 e. The lowest BCUT2D eigenvalue weighted by Gasteiger charge is -2.18. The van der Waals surface area contributed by atoms with Crippen LogP contribution in [0.1, 0.15) is 25.0 Å². The molecular formula is C14H18O. The Morgan fingerprint density at radius 2 is 1.87 bits per heavy atom. The van der Waals surface area contributed by atoms with E-state index in [4.69, 9.17) is 0 Å². The first-order valence-corrected chi connectivity index (χ1v) is 5.25. The summed E-state index contributed by atoms with van der Waals surface area (Å²) in [4.78, 5) is 11.0. The van der Waals surface area contributed by atoms with Gasteiger partial charge in [0.05, 0.1) is 0 Å². The molecule has 0 saturated carbocycles. The van der Waals surface area contributed by atoms with Crippen LogP contribution in [0.5, 0.6) is 0 Å². The fourth-order valence-corrected chi connectivity index (χ4v) is 1.67. The fourth-order valence-electron chi connectivity index (χ4n) is 1.67. The van der Waals surface area contributed by atoms with Gasteiger partial charge in [-0.3, -0.25) is 0 Å². The number of allylic oxidation sites excluding steroid dienone is 2. The van der Waals surface area contributed by atoms with Crippen molar-refractivity contribution in [1.82, 2.24) is 0 Å². The predicted octanol–water partition coefficient (Wildman–Crippen LogP) is 3.32. The van der Waals surface area contributed by atoms with Crippen LogP contribution in [0.25, 0.3) is 0 Å². The average Bonchev–Trinajstić information content (AvgIpc) is 2.22. The monoisotopic (exact) mass is 202 g/mol. The molecule has 15 heavy (non-hydrogen) atoms. The molecule has 0 aliphatic heterocycles. The van der Waals surface area contributed by atoms with Crippen molar-refractivity contribution in [2.75, 3.05) is 0 Å². The first-order chi connectivity index (χ1) is 7.09. The number of carbonyl (C=O) groups is 1. The lowest BCUT2D eigenvalue weighted by molar-refractivity contribution is -0.113. The van der Waals surface area contributed by atoms with Gasteiger partial charge < -0.3 is 4.79 Å². The van der Waals surface area contributed by atoms with E-state index >= 15 is 0 Å².